The van der Waals surface area contributed by atoms with Crippen LogP contribution in [-0.4, -0.2) is 46.8 Å². The average molecular weight is 298 g/mol. The Labute approximate surface area is 131 Å². The summed E-state index contributed by atoms with van der Waals surface area (Å²) in [5.74, 6) is 0.146. The van der Waals surface area contributed by atoms with E-state index in [4.69, 9.17) is 0 Å². The van der Waals surface area contributed by atoms with Crippen molar-refractivity contribution in [1.82, 2.24) is 14.7 Å². The minimum Gasteiger partial charge on any atom is -0.368 e. The number of rotatable bonds is 3. The summed E-state index contributed by atoms with van der Waals surface area (Å²) in [5, 5.41) is 4.16. The van der Waals surface area contributed by atoms with Crippen LogP contribution in [0.15, 0.2) is 42.7 Å². The lowest BCUT2D eigenvalue weighted by molar-refractivity contribution is -0.134. The van der Waals surface area contributed by atoms with Crippen LogP contribution in [-0.2, 0) is 4.79 Å². The third kappa shape index (κ3) is 2.98. The highest BCUT2D eigenvalue weighted by atomic mass is 16.2. The second-order valence-corrected chi connectivity index (χ2v) is 5.81. The SMILES string of the molecule is Cc1cccc(N2CCN(C(=O)[C@H](C)n3cccn3)CC2)c1. The van der Waals surface area contributed by atoms with Crippen LogP contribution in [0.2, 0.25) is 0 Å². The van der Waals surface area contributed by atoms with Crippen LogP contribution in [0.5, 0.6) is 0 Å². The van der Waals surface area contributed by atoms with Crippen LogP contribution in [0.4, 0.5) is 5.69 Å². The molecule has 1 atom stereocenters. The van der Waals surface area contributed by atoms with Gasteiger partial charge in [0.15, 0.2) is 0 Å². The summed E-state index contributed by atoms with van der Waals surface area (Å²) in [7, 11) is 0. The van der Waals surface area contributed by atoms with Crippen molar-refractivity contribution in [2.24, 2.45) is 0 Å². The van der Waals surface area contributed by atoms with E-state index in [2.05, 4.69) is 41.2 Å². The van der Waals surface area contributed by atoms with E-state index in [0.717, 1.165) is 26.2 Å². The molecule has 2 aromatic rings. The van der Waals surface area contributed by atoms with Gasteiger partial charge in [-0.25, -0.2) is 0 Å². The first-order valence-corrected chi connectivity index (χ1v) is 7.74. The van der Waals surface area contributed by atoms with Crippen molar-refractivity contribution in [3.8, 4) is 0 Å². The van der Waals surface area contributed by atoms with Crippen molar-refractivity contribution in [1.29, 1.82) is 0 Å². The molecule has 22 heavy (non-hydrogen) atoms. The molecule has 2 heterocycles. The molecule has 1 amide bonds. The zero-order valence-electron chi connectivity index (χ0n) is 13.1. The molecule has 116 valence electrons. The predicted molar refractivity (Wildman–Crippen MR) is 86.9 cm³/mol. The molecule has 3 rings (SSSR count). The first-order chi connectivity index (χ1) is 10.6. The van der Waals surface area contributed by atoms with E-state index in [0.29, 0.717) is 0 Å². The molecular weight excluding hydrogens is 276 g/mol. The highest BCUT2D eigenvalue weighted by Gasteiger charge is 2.26. The number of hydrogen-bond acceptors (Lipinski definition) is 3. The van der Waals surface area contributed by atoms with Gasteiger partial charge < -0.3 is 9.80 Å². The van der Waals surface area contributed by atoms with Gasteiger partial charge in [-0.3, -0.25) is 9.48 Å². The third-order valence-corrected chi connectivity index (χ3v) is 4.24. The fourth-order valence-electron chi connectivity index (χ4n) is 2.90. The number of piperazine rings is 1. The number of carbonyl (C=O) groups excluding carboxylic acids is 1. The molecule has 0 N–H and O–H groups in total. The molecule has 1 fully saturated rings. The number of nitrogens with zero attached hydrogens (tertiary/aromatic N) is 4. The van der Waals surface area contributed by atoms with E-state index >= 15 is 0 Å². The Kier molecular flexibility index (Phi) is 4.13. The van der Waals surface area contributed by atoms with E-state index < -0.39 is 0 Å². The fourth-order valence-corrected chi connectivity index (χ4v) is 2.90. The summed E-state index contributed by atoms with van der Waals surface area (Å²) in [6, 6.07) is 10.1. The Morgan fingerprint density at radius 1 is 1.18 bits per heavy atom. The standard InChI is InChI=1S/C17H22N4O/c1-14-5-3-6-16(13-14)19-9-11-20(12-10-19)17(22)15(2)21-8-4-7-18-21/h3-8,13,15H,9-12H2,1-2H3/t15-/m0/s1. The number of carbonyl (C=O) groups is 1. The monoisotopic (exact) mass is 298 g/mol. The molecule has 1 aliphatic rings. The van der Waals surface area contributed by atoms with E-state index in [1.807, 2.05) is 24.1 Å². The second-order valence-electron chi connectivity index (χ2n) is 5.81. The molecule has 5 heteroatoms. The van der Waals surface area contributed by atoms with Gasteiger partial charge in [-0.15, -0.1) is 0 Å². The minimum atomic E-state index is -0.236. The summed E-state index contributed by atoms with van der Waals surface area (Å²) >= 11 is 0. The maximum atomic E-state index is 12.5. The Hall–Kier alpha value is -2.30. The molecule has 0 unspecified atom stereocenters. The minimum absolute atomic E-state index is 0.146. The molecular formula is C17H22N4O. The average Bonchev–Trinajstić information content (AvgIpc) is 3.08. The summed E-state index contributed by atoms with van der Waals surface area (Å²) in [5.41, 5.74) is 2.51. The number of anilines is 1. The number of aromatic nitrogens is 2. The van der Waals surface area contributed by atoms with Crippen molar-refractivity contribution < 1.29 is 4.79 Å². The second kappa shape index (κ2) is 6.22. The normalized spacial score (nSPS) is 16.6. The molecule has 0 radical (unpaired) electrons. The van der Waals surface area contributed by atoms with E-state index in [-0.39, 0.29) is 11.9 Å². The Morgan fingerprint density at radius 2 is 1.95 bits per heavy atom. The lowest BCUT2D eigenvalue weighted by atomic mass is 10.2. The number of amides is 1. The summed E-state index contributed by atoms with van der Waals surface area (Å²) in [4.78, 5) is 16.8. The maximum Gasteiger partial charge on any atom is 0.247 e. The molecule has 0 saturated carbocycles. The maximum absolute atomic E-state index is 12.5. The Bertz CT molecular complexity index is 630. The topological polar surface area (TPSA) is 41.4 Å². The van der Waals surface area contributed by atoms with Gasteiger partial charge in [-0.05, 0) is 37.6 Å². The van der Waals surface area contributed by atoms with Crippen LogP contribution < -0.4 is 4.90 Å². The Morgan fingerprint density at radius 3 is 2.59 bits per heavy atom. The molecule has 0 spiro atoms. The van der Waals surface area contributed by atoms with E-state index in [1.54, 1.807) is 10.9 Å². The first kappa shape index (κ1) is 14.6. The molecule has 1 aromatic heterocycles. The van der Waals surface area contributed by atoms with Gasteiger partial charge in [0.05, 0.1) is 0 Å². The lowest BCUT2D eigenvalue weighted by Crippen LogP contribution is -2.50. The van der Waals surface area contributed by atoms with Gasteiger partial charge in [0, 0.05) is 44.3 Å². The number of hydrogen-bond donors (Lipinski definition) is 0. The largest absolute Gasteiger partial charge is 0.368 e. The third-order valence-electron chi connectivity index (χ3n) is 4.24. The van der Waals surface area contributed by atoms with Crippen LogP contribution >= 0.6 is 0 Å². The van der Waals surface area contributed by atoms with Crippen molar-refractivity contribution >= 4 is 11.6 Å². The summed E-state index contributed by atoms with van der Waals surface area (Å²) < 4.78 is 1.72. The summed E-state index contributed by atoms with van der Waals surface area (Å²) in [6.07, 6.45) is 3.55. The Balaban J connectivity index is 1.61. The zero-order chi connectivity index (χ0) is 15.5. The predicted octanol–water partition coefficient (Wildman–Crippen LogP) is 2.10. The zero-order valence-corrected chi connectivity index (χ0v) is 13.1. The van der Waals surface area contributed by atoms with Gasteiger partial charge in [-0.1, -0.05) is 12.1 Å². The summed E-state index contributed by atoms with van der Waals surface area (Å²) in [6.45, 7) is 7.29. The van der Waals surface area contributed by atoms with Gasteiger partial charge in [-0.2, -0.15) is 5.10 Å². The van der Waals surface area contributed by atoms with Crippen LogP contribution in [0.3, 0.4) is 0 Å². The van der Waals surface area contributed by atoms with Gasteiger partial charge >= 0.3 is 0 Å². The fraction of sp³-hybridized carbons (Fsp3) is 0.412. The van der Waals surface area contributed by atoms with E-state index in [1.165, 1.54) is 11.3 Å². The molecule has 0 aliphatic carbocycles. The first-order valence-electron chi connectivity index (χ1n) is 7.74. The molecule has 1 aliphatic heterocycles. The van der Waals surface area contributed by atoms with Gasteiger partial charge in [0.2, 0.25) is 5.91 Å². The lowest BCUT2D eigenvalue weighted by Gasteiger charge is -2.37. The smallest absolute Gasteiger partial charge is 0.247 e. The molecule has 1 saturated heterocycles. The van der Waals surface area contributed by atoms with Crippen LogP contribution in [0.25, 0.3) is 0 Å². The molecule has 0 bridgehead atoms. The number of aryl methyl sites for hydroxylation is 1. The van der Waals surface area contributed by atoms with Crippen molar-refractivity contribution in [3.63, 3.8) is 0 Å². The van der Waals surface area contributed by atoms with Crippen molar-refractivity contribution in [2.45, 2.75) is 19.9 Å². The van der Waals surface area contributed by atoms with Crippen molar-refractivity contribution in [2.75, 3.05) is 31.1 Å². The highest BCUT2D eigenvalue weighted by Crippen LogP contribution is 2.19. The van der Waals surface area contributed by atoms with E-state index in [9.17, 15) is 4.79 Å². The quantitative estimate of drug-likeness (QED) is 0.871. The van der Waals surface area contributed by atoms with Gasteiger partial charge in [0.1, 0.15) is 6.04 Å². The van der Waals surface area contributed by atoms with Crippen LogP contribution in [0.1, 0.15) is 18.5 Å². The molecule has 1 aromatic carbocycles. The van der Waals surface area contributed by atoms with Crippen molar-refractivity contribution in [3.05, 3.63) is 48.3 Å². The molecule has 5 nitrogen and oxygen atoms in total. The van der Waals surface area contributed by atoms with Crippen LogP contribution in [0, 0.1) is 6.92 Å². The number of benzene rings is 1. The van der Waals surface area contributed by atoms with Gasteiger partial charge in [0.25, 0.3) is 0 Å². The highest BCUT2D eigenvalue weighted by molar-refractivity contribution is 5.80.